The average Bonchev–Trinajstić information content (AvgIpc) is 2.75. The third-order valence-corrected chi connectivity index (χ3v) is 5.01. The van der Waals surface area contributed by atoms with Gasteiger partial charge in [0.2, 0.25) is 5.91 Å². The Labute approximate surface area is 176 Å². The molecule has 1 heterocycles. The van der Waals surface area contributed by atoms with Crippen LogP contribution in [0.5, 0.6) is 5.75 Å². The number of carbonyl (C=O) groups is 2. The summed E-state index contributed by atoms with van der Waals surface area (Å²) >= 11 is 0. The fourth-order valence-corrected chi connectivity index (χ4v) is 3.28. The van der Waals surface area contributed by atoms with Gasteiger partial charge in [-0.1, -0.05) is 0 Å². The van der Waals surface area contributed by atoms with Gasteiger partial charge in [-0.15, -0.1) is 0 Å². The van der Waals surface area contributed by atoms with Crippen LogP contribution in [-0.2, 0) is 9.53 Å². The van der Waals surface area contributed by atoms with Crippen molar-refractivity contribution in [2.75, 3.05) is 69.6 Å². The molecule has 8 heteroatoms. The number of piperazine rings is 1. The molecule has 0 saturated carbocycles. The molecule has 3 rings (SSSR count). The van der Waals surface area contributed by atoms with Gasteiger partial charge in [-0.3, -0.25) is 9.59 Å². The number of hydrogen-bond acceptors (Lipinski definition) is 6. The molecule has 160 valence electrons. The summed E-state index contributed by atoms with van der Waals surface area (Å²) in [5, 5.41) is 5.57. The van der Waals surface area contributed by atoms with Crippen LogP contribution in [0.3, 0.4) is 0 Å². The second-order valence-corrected chi connectivity index (χ2v) is 7.19. The minimum Gasteiger partial charge on any atom is -0.494 e. The van der Waals surface area contributed by atoms with E-state index in [0.29, 0.717) is 22.7 Å². The highest BCUT2D eigenvalue weighted by Gasteiger charge is 2.15. The van der Waals surface area contributed by atoms with E-state index in [9.17, 15) is 9.59 Å². The van der Waals surface area contributed by atoms with E-state index in [1.807, 2.05) is 24.3 Å². The quantitative estimate of drug-likeness (QED) is 0.726. The van der Waals surface area contributed by atoms with Crippen molar-refractivity contribution in [3.8, 4) is 5.75 Å². The van der Waals surface area contributed by atoms with Gasteiger partial charge in [0.1, 0.15) is 12.4 Å². The first kappa shape index (κ1) is 21.6. The van der Waals surface area contributed by atoms with E-state index in [2.05, 4.69) is 27.5 Å². The molecule has 1 saturated heterocycles. The Hall–Kier alpha value is -3.10. The lowest BCUT2D eigenvalue weighted by atomic mass is 10.1. The lowest BCUT2D eigenvalue weighted by Gasteiger charge is -2.34. The average molecular weight is 412 g/mol. The molecule has 0 bridgehead atoms. The Bertz CT molecular complexity index is 877. The van der Waals surface area contributed by atoms with Crippen LogP contribution >= 0.6 is 0 Å². The Balaban J connectivity index is 1.64. The lowest BCUT2D eigenvalue weighted by molar-refractivity contribution is -0.119. The number of carbonyl (C=O) groups excluding carboxylic acids is 2. The molecule has 0 spiro atoms. The number of amides is 2. The van der Waals surface area contributed by atoms with Crippen molar-refractivity contribution in [3.63, 3.8) is 0 Å². The summed E-state index contributed by atoms with van der Waals surface area (Å²) in [6, 6.07) is 12.7. The van der Waals surface area contributed by atoms with Gasteiger partial charge in [0.05, 0.1) is 12.8 Å². The van der Waals surface area contributed by atoms with E-state index in [1.54, 1.807) is 18.2 Å². The maximum atomic E-state index is 12.6. The molecule has 1 aliphatic rings. The van der Waals surface area contributed by atoms with E-state index >= 15 is 0 Å². The standard InChI is InChI=1S/C22H28N4O4/c1-25-10-12-26(13-11-25)18-7-4-16(5-8-18)22(28)23-17-6-9-19(20(14-17)30-3)24-21(27)15-29-2/h4-9,14H,10-13,15H2,1-3H3,(H,23,28)(H,24,27). The van der Waals surface area contributed by atoms with Crippen molar-refractivity contribution >= 4 is 28.9 Å². The Morgan fingerprint density at radius 2 is 1.67 bits per heavy atom. The molecule has 1 aliphatic heterocycles. The molecule has 2 aromatic carbocycles. The van der Waals surface area contributed by atoms with Crippen LogP contribution in [-0.4, -0.2) is 70.8 Å². The summed E-state index contributed by atoms with van der Waals surface area (Å²) in [6.45, 7) is 3.98. The number of nitrogens with zero attached hydrogens (tertiary/aromatic N) is 2. The summed E-state index contributed by atoms with van der Waals surface area (Å²) in [5.74, 6) is -0.0474. The maximum absolute atomic E-state index is 12.6. The first-order valence-corrected chi connectivity index (χ1v) is 9.82. The second-order valence-electron chi connectivity index (χ2n) is 7.19. The minimum absolute atomic E-state index is 0.0498. The largest absolute Gasteiger partial charge is 0.494 e. The van der Waals surface area contributed by atoms with E-state index in [-0.39, 0.29) is 18.4 Å². The normalized spacial score (nSPS) is 14.3. The number of ether oxygens (including phenoxy) is 2. The van der Waals surface area contributed by atoms with Gasteiger partial charge in [0, 0.05) is 56.3 Å². The van der Waals surface area contributed by atoms with Crippen molar-refractivity contribution in [2.24, 2.45) is 0 Å². The fraction of sp³-hybridized carbons (Fsp3) is 0.364. The number of hydrogen-bond donors (Lipinski definition) is 2. The number of nitrogens with one attached hydrogen (secondary N) is 2. The highest BCUT2D eigenvalue weighted by Crippen LogP contribution is 2.28. The monoisotopic (exact) mass is 412 g/mol. The van der Waals surface area contributed by atoms with Crippen molar-refractivity contribution in [1.82, 2.24) is 4.90 Å². The molecule has 0 aliphatic carbocycles. The van der Waals surface area contributed by atoms with Crippen LogP contribution in [0, 0.1) is 0 Å². The van der Waals surface area contributed by atoms with Crippen molar-refractivity contribution < 1.29 is 19.1 Å². The van der Waals surface area contributed by atoms with Crippen LogP contribution in [0.1, 0.15) is 10.4 Å². The van der Waals surface area contributed by atoms with Crippen LogP contribution in [0.2, 0.25) is 0 Å². The number of anilines is 3. The van der Waals surface area contributed by atoms with Crippen LogP contribution in [0.25, 0.3) is 0 Å². The first-order chi connectivity index (χ1) is 14.5. The lowest BCUT2D eigenvalue weighted by Crippen LogP contribution is -2.44. The van der Waals surface area contributed by atoms with E-state index in [0.717, 1.165) is 31.9 Å². The summed E-state index contributed by atoms with van der Waals surface area (Å²) in [7, 11) is 5.08. The predicted molar refractivity (Wildman–Crippen MR) is 118 cm³/mol. The maximum Gasteiger partial charge on any atom is 0.255 e. The number of benzene rings is 2. The zero-order valence-electron chi connectivity index (χ0n) is 17.6. The molecule has 2 N–H and O–H groups in total. The van der Waals surface area contributed by atoms with Gasteiger partial charge in [0.25, 0.3) is 5.91 Å². The van der Waals surface area contributed by atoms with E-state index < -0.39 is 0 Å². The van der Waals surface area contributed by atoms with Crippen molar-refractivity contribution in [3.05, 3.63) is 48.0 Å². The second kappa shape index (κ2) is 10.1. The summed E-state index contributed by atoms with van der Waals surface area (Å²) in [4.78, 5) is 29.0. The van der Waals surface area contributed by atoms with Gasteiger partial charge in [-0.05, 0) is 43.4 Å². The van der Waals surface area contributed by atoms with Crippen molar-refractivity contribution in [2.45, 2.75) is 0 Å². The molecule has 30 heavy (non-hydrogen) atoms. The van der Waals surface area contributed by atoms with Crippen LogP contribution in [0.4, 0.5) is 17.1 Å². The van der Waals surface area contributed by atoms with Gasteiger partial charge in [-0.2, -0.15) is 0 Å². The molecule has 1 fully saturated rings. The Kier molecular flexibility index (Phi) is 7.26. The molecule has 0 radical (unpaired) electrons. The number of rotatable bonds is 7. The first-order valence-electron chi connectivity index (χ1n) is 9.82. The molecule has 2 aromatic rings. The van der Waals surface area contributed by atoms with Gasteiger partial charge in [-0.25, -0.2) is 0 Å². The van der Waals surface area contributed by atoms with Gasteiger partial charge >= 0.3 is 0 Å². The predicted octanol–water partition coefficient (Wildman–Crippen LogP) is 2.28. The number of methoxy groups -OCH3 is 2. The molecule has 8 nitrogen and oxygen atoms in total. The highest BCUT2D eigenvalue weighted by molar-refractivity contribution is 6.05. The summed E-state index contributed by atoms with van der Waals surface area (Å²) in [6.07, 6.45) is 0. The smallest absolute Gasteiger partial charge is 0.255 e. The SMILES string of the molecule is COCC(=O)Nc1ccc(NC(=O)c2ccc(N3CCN(C)CC3)cc2)cc1OC. The molecule has 0 atom stereocenters. The Morgan fingerprint density at radius 1 is 0.967 bits per heavy atom. The molecule has 0 aromatic heterocycles. The molecular formula is C22H28N4O4. The third kappa shape index (κ3) is 5.49. The topological polar surface area (TPSA) is 83.1 Å². The highest BCUT2D eigenvalue weighted by atomic mass is 16.5. The fourth-order valence-electron chi connectivity index (χ4n) is 3.28. The van der Waals surface area contributed by atoms with Crippen molar-refractivity contribution in [1.29, 1.82) is 0 Å². The molecule has 0 unspecified atom stereocenters. The zero-order chi connectivity index (χ0) is 21.5. The zero-order valence-corrected chi connectivity index (χ0v) is 17.6. The van der Waals surface area contributed by atoms with E-state index in [4.69, 9.17) is 9.47 Å². The van der Waals surface area contributed by atoms with Gasteiger partial charge < -0.3 is 29.9 Å². The number of likely N-dealkylation sites (N-methyl/N-ethyl adjacent to an activating group) is 1. The van der Waals surface area contributed by atoms with Gasteiger partial charge in [0.15, 0.2) is 0 Å². The minimum atomic E-state index is -0.284. The summed E-state index contributed by atoms with van der Waals surface area (Å²) < 4.78 is 10.1. The molecular weight excluding hydrogens is 384 g/mol. The van der Waals surface area contributed by atoms with Crippen LogP contribution < -0.4 is 20.3 Å². The Morgan fingerprint density at radius 3 is 2.30 bits per heavy atom. The summed E-state index contributed by atoms with van der Waals surface area (Å²) in [5.41, 5.74) is 2.78. The third-order valence-electron chi connectivity index (χ3n) is 5.01. The molecule has 2 amide bonds. The van der Waals surface area contributed by atoms with E-state index in [1.165, 1.54) is 14.2 Å². The van der Waals surface area contributed by atoms with Crippen LogP contribution in [0.15, 0.2) is 42.5 Å².